The fourth-order valence-electron chi connectivity index (χ4n) is 8.14. The molecule has 2 saturated heterocycles. The van der Waals surface area contributed by atoms with Gasteiger partial charge in [-0.15, -0.1) is 0 Å². The van der Waals surface area contributed by atoms with Crippen molar-refractivity contribution >= 4 is 6.09 Å². The molecular formula is C39H48N2O5. The number of rotatable bonds is 10. The third-order valence-corrected chi connectivity index (χ3v) is 9.79. The van der Waals surface area contributed by atoms with Crippen molar-refractivity contribution in [1.82, 2.24) is 10.2 Å². The first-order valence-electron chi connectivity index (χ1n) is 16.6. The summed E-state index contributed by atoms with van der Waals surface area (Å²) in [5, 5.41) is 12.4. The maximum absolute atomic E-state index is 11.9. The molecule has 2 N–H and O–H groups in total. The van der Waals surface area contributed by atoms with Crippen molar-refractivity contribution in [1.29, 1.82) is 0 Å². The Morgan fingerprint density at radius 3 is 2.50 bits per heavy atom. The number of carbonyl (C=O) groups excluding carboxylic acids is 1. The summed E-state index contributed by atoms with van der Waals surface area (Å²) >= 11 is 0. The van der Waals surface area contributed by atoms with E-state index >= 15 is 0 Å². The first-order valence-corrected chi connectivity index (χ1v) is 16.6. The van der Waals surface area contributed by atoms with Crippen LogP contribution in [-0.2, 0) is 27.4 Å². The average molecular weight is 625 g/mol. The molecule has 1 saturated carbocycles. The van der Waals surface area contributed by atoms with E-state index in [2.05, 4.69) is 86.1 Å². The van der Waals surface area contributed by atoms with E-state index in [4.69, 9.17) is 14.2 Å². The van der Waals surface area contributed by atoms with Gasteiger partial charge in [-0.3, -0.25) is 4.90 Å². The number of aliphatic hydroxyl groups excluding tert-OH is 1. The van der Waals surface area contributed by atoms with Gasteiger partial charge < -0.3 is 24.6 Å². The highest BCUT2D eigenvalue weighted by Gasteiger charge is 2.50. The standard InChI is InChI=1S/C39H48N2O5/c1-5-17-44-37(43)40-22-28-7-6-8-32(18-28)29-13-15-31(16-14-29)36-45-34(19-35(46-36)30-11-9-27(24-42)10-12-30)23-41-26-39(4)21-33(41)20-38(2,3)25-39/h5-16,18,33-36,42H,1,17,19-26H2,2-4H3,(H,40,43)/t33?,34-,35+,36+,39?/m0/s1. The Bertz CT molecular complexity index is 1500. The zero-order valence-electron chi connectivity index (χ0n) is 27.4. The van der Waals surface area contributed by atoms with Crippen molar-refractivity contribution in [2.45, 2.75) is 84.1 Å². The molecule has 1 aliphatic carbocycles. The predicted molar refractivity (Wildman–Crippen MR) is 180 cm³/mol. The molecule has 5 atom stereocenters. The Labute approximate surface area is 273 Å². The molecule has 0 radical (unpaired) electrons. The number of aliphatic hydroxyl groups is 1. The summed E-state index contributed by atoms with van der Waals surface area (Å²) in [7, 11) is 0. The molecule has 3 aromatic carbocycles. The van der Waals surface area contributed by atoms with E-state index < -0.39 is 12.4 Å². The second kappa shape index (κ2) is 13.7. The lowest BCUT2D eigenvalue weighted by Gasteiger charge is -2.41. The minimum absolute atomic E-state index is 0.0275. The zero-order valence-corrected chi connectivity index (χ0v) is 27.4. The van der Waals surface area contributed by atoms with E-state index in [0.29, 0.717) is 23.4 Å². The zero-order chi connectivity index (χ0) is 32.3. The molecular weight excluding hydrogens is 576 g/mol. The van der Waals surface area contributed by atoms with Gasteiger partial charge in [-0.25, -0.2) is 4.79 Å². The summed E-state index contributed by atoms with van der Waals surface area (Å²) in [4.78, 5) is 14.5. The highest BCUT2D eigenvalue weighted by atomic mass is 16.7. The highest BCUT2D eigenvalue weighted by Crippen LogP contribution is 2.53. The third kappa shape index (κ3) is 7.72. The van der Waals surface area contributed by atoms with Crippen molar-refractivity contribution in [2.24, 2.45) is 10.8 Å². The molecule has 3 aliphatic rings. The molecule has 2 bridgehead atoms. The van der Waals surface area contributed by atoms with Gasteiger partial charge in [0.1, 0.15) is 6.61 Å². The van der Waals surface area contributed by atoms with Gasteiger partial charge in [-0.05, 0) is 64.0 Å². The van der Waals surface area contributed by atoms with Crippen molar-refractivity contribution in [3.63, 3.8) is 0 Å². The van der Waals surface area contributed by atoms with E-state index in [-0.39, 0.29) is 25.4 Å². The number of hydrogen-bond donors (Lipinski definition) is 2. The Morgan fingerprint density at radius 1 is 1.00 bits per heavy atom. The normalized spacial score (nSPS) is 27.2. The molecule has 2 aliphatic heterocycles. The quantitative estimate of drug-likeness (QED) is 0.225. The summed E-state index contributed by atoms with van der Waals surface area (Å²) in [5.41, 5.74) is 6.85. The summed E-state index contributed by atoms with van der Waals surface area (Å²) in [6.07, 6.45) is 5.10. The first-order chi connectivity index (χ1) is 22.1. The van der Waals surface area contributed by atoms with Crippen LogP contribution in [0.4, 0.5) is 4.79 Å². The molecule has 7 nitrogen and oxygen atoms in total. The lowest BCUT2D eigenvalue weighted by Crippen LogP contribution is -2.42. The van der Waals surface area contributed by atoms with E-state index in [1.54, 1.807) is 6.08 Å². The number of nitrogens with zero attached hydrogens (tertiary/aromatic N) is 1. The number of nitrogens with one attached hydrogen (secondary N) is 1. The number of amides is 1. The number of benzene rings is 3. The average Bonchev–Trinajstić information content (AvgIpc) is 3.29. The molecule has 0 spiro atoms. The number of hydrogen-bond acceptors (Lipinski definition) is 6. The Morgan fingerprint density at radius 2 is 1.76 bits per heavy atom. The molecule has 0 aromatic heterocycles. The smallest absolute Gasteiger partial charge is 0.407 e. The topological polar surface area (TPSA) is 80.3 Å². The number of alkyl carbamates (subject to hydrolysis) is 1. The van der Waals surface area contributed by atoms with Gasteiger partial charge in [0.15, 0.2) is 6.29 Å². The van der Waals surface area contributed by atoms with Crippen LogP contribution in [0.3, 0.4) is 0 Å². The summed E-state index contributed by atoms with van der Waals surface area (Å²) in [6, 6.07) is 25.2. The largest absolute Gasteiger partial charge is 0.445 e. The molecule has 1 amide bonds. The van der Waals surface area contributed by atoms with E-state index in [1.165, 1.54) is 19.3 Å². The van der Waals surface area contributed by atoms with Gasteiger partial charge >= 0.3 is 6.09 Å². The van der Waals surface area contributed by atoms with Crippen LogP contribution in [0.15, 0.2) is 85.5 Å². The van der Waals surface area contributed by atoms with Crippen LogP contribution in [0, 0.1) is 10.8 Å². The van der Waals surface area contributed by atoms with Crippen LogP contribution in [0.1, 0.15) is 81.1 Å². The van der Waals surface area contributed by atoms with Crippen LogP contribution in [0.25, 0.3) is 11.1 Å². The second-order valence-corrected chi connectivity index (χ2v) is 14.6. The van der Waals surface area contributed by atoms with Crippen molar-refractivity contribution in [3.8, 4) is 11.1 Å². The van der Waals surface area contributed by atoms with Gasteiger partial charge in [-0.1, -0.05) is 100 Å². The molecule has 3 fully saturated rings. The van der Waals surface area contributed by atoms with E-state index in [1.807, 2.05) is 24.3 Å². The monoisotopic (exact) mass is 624 g/mol. The fourth-order valence-corrected chi connectivity index (χ4v) is 8.14. The number of carbonyl (C=O) groups is 1. The van der Waals surface area contributed by atoms with Crippen LogP contribution < -0.4 is 5.32 Å². The lowest BCUT2D eigenvalue weighted by molar-refractivity contribution is -0.253. The Hall–Kier alpha value is -3.49. The predicted octanol–water partition coefficient (Wildman–Crippen LogP) is 7.70. The van der Waals surface area contributed by atoms with Crippen molar-refractivity contribution in [3.05, 3.63) is 108 Å². The van der Waals surface area contributed by atoms with Gasteiger partial charge in [0, 0.05) is 37.7 Å². The maximum atomic E-state index is 11.9. The number of ether oxygens (including phenoxy) is 3. The van der Waals surface area contributed by atoms with Crippen molar-refractivity contribution in [2.75, 3.05) is 19.7 Å². The molecule has 7 heteroatoms. The van der Waals surface area contributed by atoms with Gasteiger partial charge in [0.25, 0.3) is 0 Å². The van der Waals surface area contributed by atoms with Gasteiger partial charge in [0.2, 0.25) is 0 Å². The maximum Gasteiger partial charge on any atom is 0.407 e. The molecule has 2 heterocycles. The Balaban J connectivity index is 1.18. The molecule has 46 heavy (non-hydrogen) atoms. The van der Waals surface area contributed by atoms with Crippen LogP contribution in [0.5, 0.6) is 0 Å². The van der Waals surface area contributed by atoms with Gasteiger partial charge in [-0.2, -0.15) is 0 Å². The minimum Gasteiger partial charge on any atom is -0.445 e. The Kier molecular flexibility index (Phi) is 9.67. The van der Waals surface area contributed by atoms with E-state index in [9.17, 15) is 9.90 Å². The number of likely N-dealkylation sites (tertiary alicyclic amines) is 1. The van der Waals surface area contributed by atoms with E-state index in [0.717, 1.165) is 52.9 Å². The number of fused-ring (bicyclic) bond motifs is 2. The minimum atomic E-state index is -0.485. The fraction of sp³-hybridized carbons (Fsp3) is 0.462. The van der Waals surface area contributed by atoms with Gasteiger partial charge in [0.05, 0.1) is 18.8 Å². The second-order valence-electron chi connectivity index (χ2n) is 14.6. The lowest BCUT2D eigenvalue weighted by atomic mass is 9.65. The van der Waals surface area contributed by atoms with Crippen LogP contribution in [0.2, 0.25) is 0 Å². The molecule has 2 unspecified atom stereocenters. The summed E-state index contributed by atoms with van der Waals surface area (Å²) < 4.78 is 18.4. The highest BCUT2D eigenvalue weighted by molar-refractivity contribution is 5.68. The molecule has 6 rings (SSSR count). The SMILES string of the molecule is C=CCOC(=O)NCc1cccc(-c2ccc([C@@H]3O[C@H](CN4CC5(C)CC4CC(C)(C)C5)C[C@H](c4ccc(CO)cc4)O3)cc2)c1. The molecule has 244 valence electrons. The van der Waals surface area contributed by atoms with Crippen LogP contribution in [-0.4, -0.2) is 47.9 Å². The van der Waals surface area contributed by atoms with Crippen LogP contribution >= 0.6 is 0 Å². The first kappa shape index (κ1) is 32.5. The molecule has 3 aromatic rings. The third-order valence-electron chi connectivity index (χ3n) is 9.79. The van der Waals surface area contributed by atoms with Crippen molar-refractivity contribution < 1.29 is 24.1 Å². The summed E-state index contributed by atoms with van der Waals surface area (Å²) in [6.45, 7) is 13.5. The summed E-state index contributed by atoms with van der Waals surface area (Å²) in [5.74, 6) is 0.